The Morgan fingerprint density at radius 2 is 0.449 bits per heavy atom. The van der Waals surface area contributed by atoms with Crippen LogP contribution in [0.25, 0.3) is 55.6 Å². The molecule has 0 radical (unpaired) electrons. The molecule has 49 heavy (non-hydrogen) atoms. The molecule has 0 unspecified atom stereocenters. The van der Waals surface area contributed by atoms with Crippen molar-refractivity contribution in [2.24, 2.45) is 0 Å². The van der Waals surface area contributed by atoms with Gasteiger partial charge in [0.05, 0.1) is 0 Å². The van der Waals surface area contributed by atoms with Crippen LogP contribution in [0.15, 0.2) is 212 Å². The molecule has 0 saturated carbocycles. The molecule has 0 aliphatic carbocycles. The first-order valence-electron chi connectivity index (χ1n) is 16.8. The zero-order chi connectivity index (χ0) is 32.8. The molecule has 232 valence electrons. The highest BCUT2D eigenvalue weighted by atomic mass is 15.1. The van der Waals surface area contributed by atoms with Gasteiger partial charge in [-0.2, -0.15) is 0 Å². The second-order valence-electron chi connectivity index (χ2n) is 12.1. The summed E-state index contributed by atoms with van der Waals surface area (Å²) in [6, 6.07) is 75.9. The molecule has 0 bridgehead atoms. The molecule has 0 amide bonds. The van der Waals surface area contributed by atoms with E-state index in [1.165, 1.54) is 55.6 Å². The van der Waals surface area contributed by atoms with E-state index in [0.29, 0.717) is 0 Å². The van der Waals surface area contributed by atoms with E-state index in [-0.39, 0.29) is 0 Å². The number of nitrogens with zero attached hydrogens (tertiary/aromatic N) is 1. The number of hydrogen-bond acceptors (Lipinski definition) is 1. The molecule has 0 aromatic heterocycles. The van der Waals surface area contributed by atoms with Crippen LogP contribution in [0.1, 0.15) is 0 Å². The zero-order valence-corrected chi connectivity index (χ0v) is 27.2. The van der Waals surface area contributed by atoms with Crippen molar-refractivity contribution in [2.45, 2.75) is 0 Å². The minimum absolute atomic E-state index is 1.11. The van der Waals surface area contributed by atoms with Crippen LogP contribution in [0.2, 0.25) is 0 Å². The van der Waals surface area contributed by atoms with Crippen LogP contribution in [0.3, 0.4) is 0 Å². The summed E-state index contributed by atoms with van der Waals surface area (Å²) in [5.41, 5.74) is 15.5. The van der Waals surface area contributed by atoms with E-state index < -0.39 is 0 Å². The van der Waals surface area contributed by atoms with Gasteiger partial charge in [-0.15, -0.1) is 0 Å². The summed E-state index contributed by atoms with van der Waals surface area (Å²) < 4.78 is 0. The Morgan fingerprint density at radius 3 is 0.898 bits per heavy atom. The SMILES string of the molecule is c1ccc(-c2ccc(N(c3ccccc3)c3ccc(-c4ccccc4-c4ccccc4-c4ccccc4-c4ccccc4)cc3)cc2)cc1. The largest absolute Gasteiger partial charge is 0.311 e. The predicted octanol–water partition coefficient (Wildman–Crippen LogP) is 13.5. The van der Waals surface area contributed by atoms with Gasteiger partial charge in [-0.3, -0.25) is 0 Å². The maximum atomic E-state index is 2.32. The topological polar surface area (TPSA) is 3.24 Å². The van der Waals surface area contributed by atoms with Crippen LogP contribution in [0, 0.1) is 0 Å². The monoisotopic (exact) mass is 625 g/mol. The third-order valence-corrected chi connectivity index (χ3v) is 9.13. The van der Waals surface area contributed by atoms with Crippen molar-refractivity contribution in [2.75, 3.05) is 4.90 Å². The lowest BCUT2D eigenvalue weighted by Gasteiger charge is -2.26. The first-order valence-corrected chi connectivity index (χ1v) is 16.8. The highest BCUT2D eigenvalue weighted by Crippen LogP contribution is 2.42. The molecule has 8 aromatic rings. The van der Waals surface area contributed by atoms with E-state index >= 15 is 0 Å². The molecule has 0 heterocycles. The summed E-state index contributed by atoms with van der Waals surface area (Å²) in [6.45, 7) is 0. The van der Waals surface area contributed by atoms with Crippen molar-refractivity contribution >= 4 is 17.1 Å². The van der Waals surface area contributed by atoms with Crippen molar-refractivity contribution in [1.29, 1.82) is 0 Å². The van der Waals surface area contributed by atoms with Crippen molar-refractivity contribution in [3.8, 4) is 55.6 Å². The van der Waals surface area contributed by atoms with Crippen LogP contribution < -0.4 is 4.90 Å². The fourth-order valence-corrected chi connectivity index (χ4v) is 6.76. The van der Waals surface area contributed by atoms with E-state index in [1.54, 1.807) is 0 Å². The average molecular weight is 626 g/mol. The molecular weight excluding hydrogens is 591 g/mol. The fourth-order valence-electron chi connectivity index (χ4n) is 6.76. The predicted molar refractivity (Wildman–Crippen MR) is 208 cm³/mol. The second kappa shape index (κ2) is 13.7. The van der Waals surface area contributed by atoms with Gasteiger partial charge >= 0.3 is 0 Å². The number of para-hydroxylation sites is 1. The molecular formula is C48H35N. The second-order valence-corrected chi connectivity index (χ2v) is 12.1. The van der Waals surface area contributed by atoms with Gasteiger partial charge in [0.2, 0.25) is 0 Å². The summed E-state index contributed by atoms with van der Waals surface area (Å²) in [7, 11) is 0. The Hall–Kier alpha value is -6.44. The number of anilines is 3. The lowest BCUT2D eigenvalue weighted by molar-refractivity contribution is 1.28. The number of hydrogen-bond donors (Lipinski definition) is 0. The number of benzene rings is 8. The van der Waals surface area contributed by atoms with Gasteiger partial charge in [0.1, 0.15) is 0 Å². The molecule has 1 heteroatoms. The first-order chi connectivity index (χ1) is 24.3. The van der Waals surface area contributed by atoms with Crippen molar-refractivity contribution in [1.82, 2.24) is 0 Å². The summed E-state index contributed by atoms with van der Waals surface area (Å²) in [5, 5.41) is 0. The van der Waals surface area contributed by atoms with E-state index in [1.807, 2.05) is 0 Å². The summed E-state index contributed by atoms with van der Waals surface area (Å²) in [5.74, 6) is 0. The molecule has 8 rings (SSSR count). The Morgan fingerprint density at radius 1 is 0.184 bits per heavy atom. The Bertz CT molecular complexity index is 2290. The van der Waals surface area contributed by atoms with E-state index in [9.17, 15) is 0 Å². The zero-order valence-electron chi connectivity index (χ0n) is 27.2. The van der Waals surface area contributed by atoms with Crippen molar-refractivity contribution in [3.63, 3.8) is 0 Å². The Kier molecular flexibility index (Phi) is 8.39. The molecule has 0 fully saturated rings. The van der Waals surface area contributed by atoms with Crippen LogP contribution in [0.5, 0.6) is 0 Å². The van der Waals surface area contributed by atoms with E-state index in [4.69, 9.17) is 0 Å². The third kappa shape index (κ3) is 6.18. The highest BCUT2D eigenvalue weighted by Gasteiger charge is 2.17. The third-order valence-electron chi connectivity index (χ3n) is 9.13. The van der Waals surface area contributed by atoms with Crippen molar-refractivity contribution < 1.29 is 0 Å². The molecule has 8 aromatic carbocycles. The minimum atomic E-state index is 1.11. The average Bonchev–Trinajstić information content (AvgIpc) is 3.20. The molecule has 0 aliphatic heterocycles. The molecule has 0 N–H and O–H groups in total. The maximum absolute atomic E-state index is 2.32. The van der Waals surface area contributed by atoms with Gasteiger partial charge in [0.15, 0.2) is 0 Å². The fraction of sp³-hybridized carbons (Fsp3) is 0. The summed E-state index contributed by atoms with van der Waals surface area (Å²) in [4.78, 5) is 2.32. The van der Waals surface area contributed by atoms with Gasteiger partial charge in [-0.25, -0.2) is 0 Å². The molecule has 0 aliphatic rings. The lowest BCUT2D eigenvalue weighted by Crippen LogP contribution is -2.09. The Balaban J connectivity index is 1.18. The first kappa shape index (κ1) is 29.9. The Labute approximate surface area is 289 Å². The quantitative estimate of drug-likeness (QED) is 0.162. The van der Waals surface area contributed by atoms with Crippen LogP contribution >= 0.6 is 0 Å². The van der Waals surface area contributed by atoms with E-state index in [2.05, 4.69) is 217 Å². The molecule has 0 saturated heterocycles. The smallest absolute Gasteiger partial charge is 0.0462 e. The normalized spacial score (nSPS) is 10.9. The number of rotatable bonds is 8. The highest BCUT2D eigenvalue weighted by molar-refractivity contribution is 5.96. The maximum Gasteiger partial charge on any atom is 0.0462 e. The van der Waals surface area contributed by atoms with Crippen LogP contribution in [-0.2, 0) is 0 Å². The van der Waals surface area contributed by atoms with Gasteiger partial charge in [0.25, 0.3) is 0 Å². The lowest BCUT2D eigenvalue weighted by atomic mass is 9.87. The molecule has 0 atom stereocenters. The van der Waals surface area contributed by atoms with Crippen molar-refractivity contribution in [3.05, 3.63) is 212 Å². The minimum Gasteiger partial charge on any atom is -0.311 e. The van der Waals surface area contributed by atoms with Crippen LogP contribution in [-0.4, -0.2) is 0 Å². The molecule has 0 spiro atoms. The standard InChI is InChI=1S/C48H35N/c1-4-16-36(17-5-1)37-28-32-41(33-29-37)49(40-20-8-3-9-21-40)42-34-30-39(31-35-42)44-23-11-13-25-46(44)48-27-15-14-26-47(48)45-24-12-10-22-43(45)38-18-6-2-7-19-38/h1-35H. The molecule has 1 nitrogen and oxygen atoms in total. The van der Waals surface area contributed by atoms with Gasteiger partial charge < -0.3 is 4.90 Å². The van der Waals surface area contributed by atoms with Gasteiger partial charge in [-0.05, 0) is 92.0 Å². The van der Waals surface area contributed by atoms with Gasteiger partial charge in [-0.1, -0.05) is 176 Å². The summed E-state index contributed by atoms with van der Waals surface area (Å²) in [6.07, 6.45) is 0. The summed E-state index contributed by atoms with van der Waals surface area (Å²) >= 11 is 0. The van der Waals surface area contributed by atoms with Gasteiger partial charge in [0, 0.05) is 17.1 Å². The van der Waals surface area contributed by atoms with Crippen LogP contribution in [0.4, 0.5) is 17.1 Å². The van der Waals surface area contributed by atoms with E-state index in [0.717, 1.165) is 17.1 Å².